The lowest BCUT2D eigenvalue weighted by Crippen LogP contribution is -2.27. The second kappa shape index (κ2) is 9.45. The Bertz CT molecular complexity index is 1140. The number of sulfonamides is 1. The van der Waals surface area contributed by atoms with Crippen LogP contribution in [-0.2, 0) is 14.8 Å². The zero-order chi connectivity index (χ0) is 23.5. The number of benzene rings is 2. The molecule has 0 radical (unpaired) electrons. The van der Waals surface area contributed by atoms with Crippen molar-refractivity contribution < 1.29 is 27.7 Å². The summed E-state index contributed by atoms with van der Waals surface area (Å²) < 4.78 is 31.6. The van der Waals surface area contributed by atoms with Crippen LogP contribution in [0, 0.1) is 10.1 Å². The number of nitro groups is 1. The number of nitrogens with zero attached hydrogens (tertiary/aromatic N) is 3. The summed E-state index contributed by atoms with van der Waals surface area (Å²) in [7, 11) is -0.255. The van der Waals surface area contributed by atoms with Gasteiger partial charge in [0.2, 0.25) is 10.0 Å². The highest BCUT2D eigenvalue weighted by Crippen LogP contribution is 2.25. The molecule has 0 N–H and O–H groups in total. The van der Waals surface area contributed by atoms with E-state index in [-0.39, 0.29) is 21.7 Å². The van der Waals surface area contributed by atoms with Crippen molar-refractivity contribution in [2.24, 2.45) is 0 Å². The Balaban J connectivity index is 1.70. The predicted molar refractivity (Wildman–Crippen MR) is 116 cm³/mol. The molecule has 1 saturated heterocycles. The van der Waals surface area contributed by atoms with E-state index in [9.17, 15) is 28.1 Å². The van der Waals surface area contributed by atoms with Gasteiger partial charge in [-0.3, -0.25) is 14.9 Å². The molecule has 1 heterocycles. The minimum Gasteiger partial charge on any atom is -0.454 e. The van der Waals surface area contributed by atoms with Crippen LogP contribution in [0.4, 0.5) is 11.4 Å². The molecule has 0 amide bonds. The monoisotopic (exact) mass is 461 g/mol. The Kier molecular flexibility index (Phi) is 6.90. The van der Waals surface area contributed by atoms with E-state index < -0.39 is 33.3 Å². The molecule has 11 heteroatoms. The van der Waals surface area contributed by atoms with Gasteiger partial charge in [0.15, 0.2) is 12.4 Å². The van der Waals surface area contributed by atoms with Crippen LogP contribution in [0.25, 0.3) is 0 Å². The van der Waals surface area contributed by atoms with Gasteiger partial charge in [0, 0.05) is 44.9 Å². The first-order valence-corrected chi connectivity index (χ1v) is 11.3. The second-order valence-electron chi connectivity index (χ2n) is 7.49. The van der Waals surface area contributed by atoms with E-state index in [1.807, 2.05) is 0 Å². The topological polar surface area (TPSA) is 127 Å². The highest BCUT2D eigenvalue weighted by molar-refractivity contribution is 7.89. The summed E-state index contributed by atoms with van der Waals surface area (Å²) >= 11 is 0. The maximum absolute atomic E-state index is 12.6. The molecule has 1 aliphatic heterocycles. The van der Waals surface area contributed by atoms with Crippen LogP contribution in [-0.4, -0.2) is 63.2 Å². The molecule has 2 aromatic rings. The van der Waals surface area contributed by atoms with E-state index in [1.165, 1.54) is 40.7 Å². The van der Waals surface area contributed by atoms with Crippen LogP contribution in [0.2, 0.25) is 0 Å². The highest BCUT2D eigenvalue weighted by atomic mass is 32.2. The van der Waals surface area contributed by atoms with Crippen LogP contribution >= 0.6 is 0 Å². The summed E-state index contributed by atoms with van der Waals surface area (Å²) in [5, 5.41) is 11.0. The fourth-order valence-electron chi connectivity index (χ4n) is 3.37. The quantitative estimate of drug-likeness (QED) is 0.254. The maximum Gasteiger partial charge on any atom is 0.340 e. The van der Waals surface area contributed by atoms with Crippen molar-refractivity contribution in [3.63, 3.8) is 0 Å². The predicted octanol–water partition coefficient (Wildman–Crippen LogP) is 2.49. The van der Waals surface area contributed by atoms with Crippen LogP contribution in [0.5, 0.6) is 0 Å². The number of Topliss-reactive ketones (excluding diaryl/α,β-unsaturated/α-hetero) is 1. The Morgan fingerprint density at radius 3 is 2.28 bits per heavy atom. The molecule has 0 atom stereocenters. The second-order valence-corrected chi connectivity index (χ2v) is 9.43. The third kappa shape index (κ3) is 4.94. The third-order valence-corrected chi connectivity index (χ3v) is 7.02. The molecule has 0 unspecified atom stereocenters. The number of ketones is 1. The van der Waals surface area contributed by atoms with Gasteiger partial charge in [-0.1, -0.05) is 0 Å². The number of carbonyl (C=O) groups is 2. The molecule has 1 aliphatic rings. The molecular weight excluding hydrogens is 438 g/mol. The van der Waals surface area contributed by atoms with Crippen molar-refractivity contribution in [3.05, 3.63) is 63.7 Å². The Labute approximate surface area is 185 Å². The lowest BCUT2D eigenvalue weighted by atomic mass is 10.1. The number of nitro benzene ring substituents is 1. The molecule has 0 aliphatic carbocycles. The van der Waals surface area contributed by atoms with Crippen molar-refractivity contribution in [1.29, 1.82) is 0 Å². The maximum atomic E-state index is 12.6. The number of hydrogen-bond donors (Lipinski definition) is 0. The fraction of sp³-hybridized carbons (Fsp3) is 0.333. The molecule has 0 bridgehead atoms. The number of ether oxygens (including phenoxy) is 1. The normalized spacial score (nSPS) is 14.2. The standard InChI is InChI=1S/C21H23N3O7S/c1-22(2)19-10-7-16(24(27)28)13-18(19)21(26)31-14-20(25)15-5-8-17(9-6-15)32(29,30)23-11-3-4-12-23/h5-10,13H,3-4,11-12,14H2,1-2H3. The molecule has 32 heavy (non-hydrogen) atoms. The van der Waals surface area contributed by atoms with Crippen molar-refractivity contribution in [1.82, 2.24) is 4.31 Å². The molecule has 0 spiro atoms. The Hall–Kier alpha value is -3.31. The summed E-state index contributed by atoms with van der Waals surface area (Å²) in [6.45, 7) is 0.365. The van der Waals surface area contributed by atoms with E-state index in [4.69, 9.17) is 4.74 Å². The smallest absolute Gasteiger partial charge is 0.340 e. The average molecular weight is 461 g/mol. The fourth-order valence-corrected chi connectivity index (χ4v) is 4.89. The van der Waals surface area contributed by atoms with Crippen molar-refractivity contribution in [2.75, 3.05) is 38.7 Å². The molecule has 0 saturated carbocycles. The van der Waals surface area contributed by atoms with E-state index in [0.717, 1.165) is 18.9 Å². The van der Waals surface area contributed by atoms with Gasteiger partial charge in [0.1, 0.15) is 0 Å². The highest BCUT2D eigenvalue weighted by Gasteiger charge is 2.27. The van der Waals surface area contributed by atoms with Gasteiger partial charge in [0.05, 0.1) is 21.1 Å². The molecule has 3 rings (SSSR count). The van der Waals surface area contributed by atoms with Crippen LogP contribution < -0.4 is 4.90 Å². The zero-order valence-corrected chi connectivity index (χ0v) is 18.5. The Morgan fingerprint density at radius 1 is 1.09 bits per heavy atom. The number of esters is 1. The van der Waals surface area contributed by atoms with E-state index in [1.54, 1.807) is 19.0 Å². The first kappa shape index (κ1) is 23.4. The lowest BCUT2D eigenvalue weighted by Gasteiger charge is -2.16. The number of carbonyl (C=O) groups excluding carboxylic acids is 2. The average Bonchev–Trinajstić information content (AvgIpc) is 3.32. The first-order chi connectivity index (χ1) is 15.1. The number of non-ortho nitro benzene ring substituents is 1. The first-order valence-electron chi connectivity index (χ1n) is 9.87. The van der Waals surface area contributed by atoms with Crippen LogP contribution in [0.15, 0.2) is 47.4 Å². The van der Waals surface area contributed by atoms with Crippen molar-refractivity contribution in [3.8, 4) is 0 Å². The molecule has 0 aromatic heterocycles. The molecule has 1 fully saturated rings. The molecular formula is C21H23N3O7S. The van der Waals surface area contributed by atoms with E-state index in [2.05, 4.69) is 0 Å². The minimum absolute atomic E-state index is 0.0379. The largest absolute Gasteiger partial charge is 0.454 e. The summed E-state index contributed by atoms with van der Waals surface area (Å²) in [5.41, 5.74) is 0.280. The SMILES string of the molecule is CN(C)c1ccc([N+](=O)[O-])cc1C(=O)OCC(=O)c1ccc(S(=O)(=O)N2CCCC2)cc1. The van der Waals surface area contributed by atoms with E-state index >= 15 is 0 Å². The summed E-state index contributed by atoms with van der Waals surface area (Å²) in [4.78, 5) is 37.0. The van der Waals surface area contributed by atoms with Gasteiger partial charge in [-0.25, -0.2) is 13.2 Å². The molecule has 10 nitrogen and oxygen atoms in total. The Morgan fingerprint density at radius 2 is 1.72 bits per heavy atom. The third-order valence-electron chi connectivity index (χ3n) is 5.11. The van der Waals surface area contributed by atoms with Gasteiger partial charge >= 0.3 is 5.97 Å². The number of anilines is 1. The summed E-state index contributed by atoms with van der Waals surface area (Å²) in [5.74, 6) is -1.40. The van der Waals surface area contributed by atoms with Gasteiger partial charge in [0.25, 0.3) is 5.69 Å². The summed E-state index contributed by atoms with van der Waals surface area (Å²) in [6.07, 6.45) is 1.64. The van der Waals surface area contributed by atoms with Crippen molar-refractivity contribution >= 4 is 33.2 Å². The van der Waals surface area contributed by atoms with Gasteiger partial charge < -0.3 is 9.64 Å². The van der Waals surface area contributed by atoms with Crippen LogP contribution in [0.1, 0.15) is 33.6 Å². The minimum atomic E-state index is -3.59. The van der Waals surface area contributed by atoms with Gasteiger partial charge in [-0.2, -0.15) is 4.31 Å². The van der Waals surface area contributed by atoms with Crippen LogP contribution in [0.3, 0.4) is 0 Å². The van der Waals surface area contributed by atoms with Crippen molar-refractivity contribution in [2.45, 2.75) is 17.7 Å². The summed E-state index contributed by atoms with van der Waals surface area (Å²) in [6, 6.07) is 9.25. The molecule has 170 valence electrons. The molecule has 2 aromatic carbocycles. The lowest BCUT2D eigenvalue weighted by molar-refractivity contribution is -0.384. The zero-order valence-electron chi connectivity index (χ0n) is 17.7. The van der Waals surface area contributed by atoms with Gasteiger partial charge in [-0.05, 0) is 43.2 Å². The van der Waals surface area contributed by atoms with E-state index in [0.29, 0.717) is 18.8 Å². The number of hydrogen-bond acceptors (Lipinski definition) is 8. The number of rotatable bonds is 8. The van der Waals surface area contributed by atoms with Gasteiger partial charge in [-0.15, -0.1) is 0 Å².